The molecule has 0 fully saturated rings. The van der Waals surface area contributed by atoms with E-state index in [-0.39, 0.29) is 6.04 Å². The van der Waals surface area contributed by atoms with Crippen LogP contribution in [0.15, 0.2) is 42.5 Å². The number of rotatable bonds is 6. The molecule has 0 saturated carbocycles. The Morgan fingerprint density at radius 2 is 1.90 bits per heavy atom. The van der Waals surface area contributed by atoms with Gasteiger partial charge in [-0.05, 0) is 62.2 Å². The zero-order valence-corrected chi connectivity index (χ0v) is 13.6. The van der Waals surface area contributed by atoms with Crippen LogP contribution in [0.2, 0.25) is 5.02 Å². The van der Waals surface area contributed by atoms with Gasteiger partial charge in [0.1, 0.15) is 11.5 Å². The molecule has 2 aromatic rings. The molecule has 0 bridgehead atoms. The molecule has 0 amide bonds. The van der Waals surface area contributed by atoms with Crippen LogP contribution in [0, 0.1) is 6.92 Å². The van der Waals surface area contributed by atoms with Crippen LogP contribution in [-0.4, -0.2) is 6.54 Å². The first-order chi connectivity index (χ1) is 10.1. The third kappa shape index (κ3) is 4.48. The van der Waals surface area contributed by atoms with Crippen LogP contribution >= 0.6 is 11.6 Å². The summed E-state index contributed by atoms with van der Waals surface area (Å²) in [5.74, 6) is 1.59. The fourth-order valence-electron chi connectivity index (χ4n) is 2.21. The van der Waals surface area contributed by atoms with E-state index < -0.39 is 0 Å². The fourth-order valence-corrected chi connectivity index (χ4v) is 2.54. The van der Waals surface area contributed by atoms with Crippen LogP contribution < -0.4 is 10.1 Å². The van der Waals surface area contributed by atoms with Crippen molar-refractivity contribution in [3.05, 3.63) is 58.6 Å². The van der Waals surface area contributed by atoms with Crippen molar-refractivity contribution in [1.82, 2.24) is 5.32 Å². The van der Waals surface area contributed by atoms with Crippen LogP contribution in [0.1, 0.15) is 37.4 Å². The summed E-state index contributed by atoms with van der Waals surface area (Å²) in [5, 5.41) is 4.17. The van der Waals surface area contributed by atoms with E-state index in [2.05, 4.69) is 19.2 Å². The topological polar surface area (TPSA) is 21.3 Å². The summed E-state index contributed by atoms with van der Waals surface area (Å²) < 4.78 is 5.85. The van der Waals surface area contributed by atoms with Crippen molar-refractivity contribution in [3.8, 4) is 11.5 Å². The molecular weight excluding hydrogens is 282 g/mol. The lowest BCUT2D eigenvalue weighted by Gasteiger charge is -2.16. The number of ether oxygens (including phenoxy) is 1. The van der Waals surface area contributed by atoms with E-state index in [1.54, 1.807) is 0 Å². The number of hydrogen-bond acceptors (Lipinski definition) is 2. The summed E-state index contributed by atoms with van der Waals surface area (Å²) in [6, 6.07) is 14.1. The quantitative estimate of drug-likeness (QED) is 0.760. The molecule has 21 heavy (non-hydrogen) atoms. The van der Waals surface area contributed by atoms with Gasteiger partial charge in [-0.25, -0.2) is 0 Å². The van der Waals surface area contributed by atoms with E-state index in [9.17, 15) is 0 Å². The fraction of sp³-hybridized carbons (Fsp3) is 0.333. The van der Waals surface area contributed by atoms with E-state index in [0.29, 0.717) is 0 Å². The van der Waals surface area contributed by atoms with Crippen LogP contribution in [0.25, 0.3) is 0 Å². The Hall–Kier alpha value is -1.51. The predicted molar refractivity (Wildman–Crippen MR) is 89.4 cm³/mol. The van der Waals surface area contributed by atoms with Crippen LogP contribution in [-0.2, 0) is 0 Å². The minimum Gasteiger partial charge on any atom is -0.457 e. The molecule has 0 aliphatic rings. The second-order valence-corrected chi connectivity index (χ2v) is 5.68. The van der Waals surface area contributed by atoms with Gasteiger partial charge >= 0.3 is 0 Å². The molecule has 1 unspecified atom stereocenters. The molecule has 2 rings (SSSR count). The van der Waals surface area contributed by atoms with Gasteiger partial charge in [0, 0.05) is 11.1 Å². The van der Waals surface area contributed by atoms with Crippen molar-refractivity contribution in [2.24, 2.45) is 0 Å². The minimum atomic E-state index is 0.241. The zero-order chi connectivity index (χ0) is 15.2. The Bertz CT molecular complexity index is 598. The van der Waals surface area contributed by atoms with Crippen LogP contribution in [0.3, 0.4) is 0 Å². The number of nitrogens with one attached hydrogen (secondary N) is 1. The van der Waals surface area contributed by atoms with E-state index >= 15 is 0 Å². The maximum atomic E-state index is 6.38. The van der Waals surface area contributed by atoms with Gasteiger partial charge in [-0.1, -0.05) is 36.7 Å². The minimum absolute atomic E-state index is 0.241. The zero-order valence-electron chi connectivity index (χ0n) is 12.8. The van der Waals surface area contributed by atoms with Crippen LogP contribution in [0.5, 0.6) is 11.5 Å². The second kappa shape index (κ2) is 7.48. The first-order valence-corrected chi connectivity index (χ1v) is 7.75. The third-order valence-electron chi connectivity index (χ3n) is 3.36. The van der Waals surface area contributed by atoms with Crippen molar-refractivity contribution in [3.63, 3.8) is 0 Å². The third-order valence-corrected chi connectivity index (χ3v) is 3.69. The maximum absolute atomic E-state index is 6.38. The summed E-state index contributed by atoms with van der Waals surface area (Å²) in [6.45, 7) is 7.31. The van der Waals surface area contributed by atoms with Crippen molar-refractivity contribution in [1.29, 1.82) is 0 Å². The SMILES string of the molecule is CCCNC(C)c1ccc(Oc2cccc(C)c2)cc1Cl. The first kappa shape index (κ1) is 15.9. The molecule has 0 radical (unpaired) electrons. The average molecular weight is 304 g/mol. The van der Waals surface area contributed by atoms with Gasteiger partial charge in [-0.3, -0.25) is 0 Å². The Balaban J connectivity index is 2.11. The van der Waals surface area contributed by atoms with E-state index in [0.717, 1.165) is 35.1 Å². The van der Waals surface area contributed by atoms with Crippen molar-refractivity contribution < 1.29 is 4.74 Å². The average Bonchev–Trinajstić information content (AvgIpc) is 2.45. The van der Waals surface area contributed by atoms with E-state index in [1.165, 1.54) is 5.56 Å². The molecule has 0 heterocycles. The van der Waals surface area contributed by atoms with Gasteiger partial charge in [0.25, 0.3) is 0 Å². The maximum Gasteiger partial charge on any atom is 0.128 e. The lowest BCUT2D eigenvalue weighted by molar-refractivity contribution is 0.481. The molecule has 3 heteroatoms. The van der Waals surface area contributed by atoms with Crippen molar-refractivity contribution in [2.45, 2.75) is 33.2 Å². The number of benzene rings is 2. The highest BCUT2D eigenvalue weighted by atomic mass is 35.5. The molecule has 0 spiro atoms. The predicted octanol–water partition coefficient (Wildman–Crippen LogP) is 5.50. The molecule has 0 aromatic heterocycles. The van der Waals surface area contributed by atoms with Gasteiger partial charge < -0.3 is 10.1 Å². The van der Waals surface area contributed by atoms with Crippen molar-refractivity contribution >= 4 is 11.6 Å². The van der Waals surface area contributed by atoms with Gasteiger partial charge in [0.2, 0.25) is 0 Å². The summed E-state index contributed by atoms with van der Waals surface area (Å²) in [5.41, 5.74) is 2.27. The molecular formula is C18H22ClNO. The second-order valence-electron chi connectivity index (χ2n) is 5.28. The number of hydrogen-bond donors (Lipinski definition) is 1. The molecule has 1 atom stereocenters. The Morgan fingerprint density at radius 1 is 1.14 bits per heavy atom. The monoisotopic (exact) mass is 303 g/mol. The highest BCUT2D eigenvalue weighted by molar-refractivity contribution is 6.31. The van der Waals surface area contributed by atoms with Gasteiger partial charge in [0.05, 0.1) is 0 Å². The van der Waals surface area contributed by atoms with E-state index in [4.69, 9.17) is 16.3 Å². The summed E-state index contributed by atoms with van der Waals surface area (Å²) in [6.07, 6.45) is 1.11. The molecule has 0 aliphatic heterocycles. The Morgan fingerprint density at radius 3 is 2.57 bits per heavy atom. The smallest absolute Gasteiger partial charge is 0.128 e. The molecule has 1 N–H and O–H groups in total. The lowest BCUT2D eigenvalue weighted by Crippen LogP contribution is -2.19. The molecule has 2 nitrogen and oxygen atoms in total. The van der Waals surface area contributed by atoms with Gasteiger partial charge in [0.15, 0.2) is 0 Å². The van der Waals surface area contributed by atoms with Gasteiger partial charge in [-0.15, -0.1) is 0 Å². The molecule has 2 aromatic carbocycles. The lowest BCUT2D eigenvalue weighted by atomic mass is 10.1. The highest BCUT2D eigenvalue weighted by Gasteiger charge is 2.10. The first-order valence-electron chi connectivity index (χ1n) is 7.37. The Labute approximate surface area is 132 Å². The normalized spacial score (nSPS) is 12.2. The summed E-state index contributed by atoms with van der Waals surface area (Å²) >= 11 is 6.38. The van der Waals surface area contributed by atoms with Crippen LogP contribution in [0.4, 0.5) is 0 Å². The largest absolute Gasteiger partial charge is 0.457 e. The molecule has 112 valence electrons. The number of halogens is 1. The Kier molecular flexibility index (Phi) is 5.66. The summed E-state index contributed by atoms with van der Waals surface area (Å²) in [4.78, 5) is 0. The molecule has 0 saturated heterocycles. The summed E-state index contributed by atoms with van der Waals surface area (Å²) in [7, 11) is 0. The van der Waals surface area contributed by atoms with Crippen molar-refractivity contribution in [2.75, 3.05) is 6.54 Å². The van der Waals surface area contributed by atoms with Gasteiger partial charge in [-0.2, -0.15) is 0 Å². The molecule has 0 aliphatic carbocycles. The highest BCUT2D eigenvalue weighted by Crippen LogP contribution is 2.30. The van der Waals surface area contributed by atoms with E-state index in [1.807, 2.05) is 49.4 Å². The number of aryl methyl sites for hydroxylation is 1. The standard InChI is InChI=1S/C18H22ClNO/c1-4-10-20-14(3)17-9-8-16(12-18(17)19)21-15-7-5-6-13(2)11-15/h5-9,11-12,14,20H,4,10H2,1-3H3.